The molecule has 0 saturated carbocycles. The average molecular weight is 452 g/mol. The van der Waals surface area contributed by atoms with E-state index in [1.807, 2.05) is 12.1 Å². The Kier molecular flexibility index (Phi) is 6.67. The Morgan fingerprint density at radius 1 is 1.15 bits per heavy atom. The van der Waals surface area contributed by atoms with Crippen LogP contribution in [-0.2, 0) is 18.3 Å². The van der Waals surface area contributed by atoms with Crippen molar-refractivity contribution in [2.75, 3.05) is 25.0 Å². The number of rotatable bonds is 5. The molecule has 172 valence electrons. The van der Waals surface area contributed by atoms with Crippen LogP contribution in [0.5, 0.6) is 0 Å². The van der Waals surface area contributed by atoms with Gasteiger partial charge >= 0.3 is 6.03 Å². The molecular weight excluding hydrogens is 425 g/mol. The first-order valence-electron chi connectivity index (χ1n) is 10.9. The molecule has 1 saturated heterocycles. The topological polar surface area (TPSA) is 96.3 Å². The van der Waals surface area contributed by atoms with Gasteiger partial charge in [0.15, 0.2) is 0 Å². The number of hydrogen-bond acceptors (Lipinski definition) is 4. The third-order valence-electron chi connectivity index (χ3n) is 5.86. The average Bonchev–Trinajstić information content (AvgIpc) is 2.81. The first-order chi connectivity index (χ1) is 15.9. The molecule has 3 amide bonds. The summed E-state index contributed by atoms with van der Waals surface area (Å²) < 4.78 is 14.5. The molecule has 2 aromatic carbocycles. The normalized spacial score (nSPS) is 15.9. The smallest absolute Gasteiger partial charge is 0.319 e. The van der Waals surface area contributed by atoms with E-state index in [1.54, 1.807) is 30.1 Å². The second-order valence-electron chi connectivity index (χ2n) is 8.29. The molecule has 1 aliphatic heterocycles. The molecule has 2 heterocycles. The number of aromatic nitrogens is 2. The van der Waals surface area contributed by atoms with Crippen molar-refractivity contribution in [2.24, 2.45) is 13.0 Å². The minimum atomic E-state index is -0.421. The van der Waals surface area contributed by atoms with Crippen molar-refractivity contribution in [3.8, 4) is 0 Å². The first kappa shape index (κ1) is 22.4. The molecule has 0 radical (unpaired) electrons. The number of nitrogens with zero attached hydrogens (tertiary/aromatic N) is 3. The molecule has 9 heteroatoms. The monoisotopic (exact) mass is 451 g/mol. The van der Waals surface area contributed by atoms with Gasteiger partial charge in [-0.2, -0.15) is 5.10 Å². The van der Waals surface area contributed by atoms with Gasteiger partial charge in [0.25, 0.3) is 5.56 Å². The molecule has 1 aromatic heterocycles. The highest BCUT2D eigenvalue weighted by Crippen LogP contribution is 2.19. The Hall–Kier alpha value is -3.75. The van der Waals surface area contributed by atoms with Gasteiger partial charge in [-0.15, -0.1) is 0 Å². The van der Waals surface area contributed by atoms with Crippen molar-refractivity contribution >= 4 is 28.4 Å². The molecule has 1 fully saturated rings. The fourth-order valence-corrected chi connectivity index (χ4v) is 4.20. The van der Waals surface area contributed by atoms with Crippen molar-refractivity contribution in [1.29, 1.82) is 0 Å². The van der Waals surface area contributed by atoms with Gasteiger partial charge in [0.1, 0.15) is 5.82 Å². The standard InChI is InChI=1S/C24H26FN5O3/c1-29-23(32)20-10-3-2-9-19(20)21(28-29)13-22(31)30-11-5-6-16(15-30)14-26-24(33)27-18-8-4-7-17(25)12-18/h2-4,7-10,12,16H,5-6,11,13-15H2,1H3,(H2,26,27,33). The zero-order valence-corrected chi connectivity index (χ0v) is 18.4. The number of halogens is 1. The molecule has 3 aromatic rings. The van der Waals surface area contributed by atoms with Gasteiger partial charge in [0.2, 0.25) is 5.91 Å². The van der Waals surface area contributed by atoms with Crippen LogP contribution in [0.15, 0.2) is 53.3 Å². The summed E-state index contributed by atoms with van der Waals surface area (Å²) in [5.41, 5.74) is 0.764. The lowest BCUT2D eigenvalue weighted by molar-refractivity contribution is -0.132. The van der Waals surface area contributed by atoms with E-state index in [-0.39, 0.29) is 23.8 Å². The molecule has 0 bridgehead atoms. The molecule has 8 nitrogen and oxygen atoms in total. The maximum Gasteiger partial charge on any atom is 0.319 e. The van der Waals surface area contributed by atoms with Gasteiger partial charge in [-0.05, 0) is 43.0 Å². The number of hydrogen-bond donors (Lipinski definition) is 2. The summed E-state index contributed by atoms with van der Waals surface area (Å²) in [5, 5.41) is 11.0. The molecule has 0 aliphatic carbocycles. The van der Waals surface area contributed by atoms with E-state index < -0.39 is 11.8 Å². The number of likely N-dealkylation sites (tertiary alicyclic amines) is 1. The third kappa shape index (κ3) is 5.36. The van der Waals surface area contributed by atoms with E-state index >= 15 is 0 Å². The Bertz CT molecular complexity index is 1240. The van der Waals surface area contributed by atoms with E-state index in [9.17, 15) is 18.8 Å². The van der Waals surface area contributed by atoms with Crippen LogP contribution in [0, 0.1) is 11.7 Å². The number of anilines is 1. The predicted molar refractivity (Wildman–Crippen MR) is 123 cm³/mol. The van der Waals surface area contributed by atoms with Crippen molar-refractivity contribution in [2.45, 2.75) is 19.3 Å². The van der Waals surface area contributed by atoms with Gasteiger partial charge in [0.05, 0.1) is 17.5 Å². The molecule has 0 spiro atoms. The molecule has 4 rings (SSSR count). The summed E-state index contributed by atoms with van der Waals surface area (Å²) >= 11 is 0. The molecule has 1 unspecified atom stereocenters. The number of fused-ring (bicyclic) bond motifs is 1. The van der Waals surface area contributed by atoms with Crippen molar-refractivity contribution < 1.29 is 14.0 Å². The highest BCUT2D eigenvalue weighted by Gasteiger charge is 2.25. The van der Waals surface area contributed by atoms with Crippen LogP contribution in [0.4, 0.5) is 14.9 Å². The number of amides is 3. The van der Waals surface area contributed by atoms with Crippen molar-refractivity contribution in [1.82, 2.24) is 20.0 Å². The summed E-state index contributed by atoms with van der Waals surface area (Å²) in [6, 6.07) is 12.5. The fourth-order valence-electron chi connectivity index (χ4n) is 4.20. The number of urea groups is 1. The van der Waals surface area contributed by atoms with Crippen LogP contribution in [0.2, 0.25) is 0 Å². The lowest BCUT2D eigenvalue weighted by atomic mass is 9.97. The predicted octanol–water partition coefficient (Wildman–Crippen LogP) is 2.68. The SMILES string of the molecule is Cn1nc(CC(=O)N2CCCC(CNC(=O)Nc3cccc(F)c3)C2)c2ccccc2c1=O. The van der Waals surface area contributed by atoms with E-state index in [0.717, 1.165) is 12.8 Å². The second kappa shape index (κ2) is 9.81. The molecule has 1 atom stereocenters. The number of nitrogens with one attached hydrogen (secondary N) is 2. The summed E-state index contributed by atoms with van der Waals surface area (Å²) in [6.07, 6.45) is 1.84. The molecule has 33 heavy (non-hydrogen) atoms. The number of carbonyl (C=O) groups excluding carboxylic acids is 2. The Morgan fingerprint density at radius 3 is 2.73 bits per heavy atom. The van der Waals surface area contributed by atoms with Gasteiger partial charge in [-0.1, -0.05) is 24.3 Å². The third-order valence-corrected chi connectivity index (χ3v) is 5.86. The Labute approximate surface area is 190 Å². The minimum Gasteiger partial charge on any atom is -0.342 e. The van der Waals surface area contributed by atoms with Gasteiger partial charge < -0.3 is 15.5 Å². The lowest BCUT2D eigenvalue weighted by Crippen LogP contribution is -2.45. The van der Waals surface area contributed by atoms with Gasteiger partial charge in [-0.3, -0.25) is 9.59 Å². The highest BCUT2D eigenvalue weighted by atomic mass is 19.1. The summed E-state index contributed by atoms with van der Waals surface area (Å²) in [7, 11) is 1.58. The lowest BCUT2D eigenvalue weighted by Gasteiger charge is -2.33. The maximum atomic E-state index is 13.3. The minimum absolute atomic E-state index is 0.0554. The summed E-state index contributed by atoms with van der Waals surface area (Å²) in [4.78, 5) is 39.3. The largest absolute Gasteiger partial charge is 0.342 e. The Morgan fingerprint density at radius 2 is 1.94 bits per heavy atom. The quantitative estimate of drug-likeness (QED) is 0.623. The number of piperidine rings is 1. The van der Waals surface area contributed by atoms with Crippen molar-refractivity contribution in [3.63, 3.8) is 0 Å². The van der Waals surface area contributed by atoms with E-state index in [1.165, 1.54) is 22.9 Å². The first-order valence-corrected chi connectivity index (χ1v) is 10.9. The summed E-state index contributed by atoms with van der Waals surface area (Å²) in [5.74, 6) is -0.360. The summed E-state index contributed by atoms with van der Waals surface area (Å²) in [6.45, 7) is 1.59. The van der Waals surface area contributed by atoms with Crippen molar-refractivity contribution in [3.05, 3.63) is 70.4 Å². The van der Waals surface area contributed by atoms with Crippen LogP contribution < -0.4 is 16.2 Å². The highest BCUT2D eigenvalue weighted by molar-refractivity contribution is 5.89. The van der Waals surface area contributed by atoms with Crippen LogP contribution in [0.1, 0.15) is 18.5 Å². The van der Waals surface area contributed by atoms with Crippen LogP contribution >= 0.6 is 0 Å². The molecular formula is C24H26FN5O3. The zero-order valence-electron chi connectivity index (χ0n) is 18.4. The van der Waals surface area contributed by atoms with Crippen LogP contribution in [0.25, 0.3) is 10.8 Å². The molecule has 1 aliphatic rings. The van der Waals surface area contributed by atoms with Crippen LogP contribution in [-0.4, -0.2) is 46.3 Å². The molecule has 2 N–H and O–H groups in total. The van der Waals surface area contributed by atoms with E-state index in [2.05, 4.69) is 15.7 Å². The number of carbonyl (C=O) groups is 2. The van der Waals surface area contributed by atoms with E-state index in [0.29, 0.717) is 41.8 Å². The van der Waals surface area contributed by atoms with Gasteiger partial charge in [0, 0.05) is 37.8 Å². The van der Waals surface area contributed by atoms with E-state index in [4.69, 9.17) is 0 Å². The Balaban J connectivity index is 1.35. The van der Waals surface area contributed by atoms with Gasteiger partial charge in [-0.25, -0.2) is 13.9 Å². The fraction of sp³-hybridized carbons (Fsp3) is 0.333. The zero-order chi connectivity index (χ0) is 23.4. The number of aryl methyl sites for hydroxylation is 1. The second-order valence-corrected chi connectivity index (χ2v) is 8.29. The van der Waals surface area contributed by atoms with Crippen LogP contribution in [0.3, 0.4) is 0 Å². The number of benzene rings is 2. The maximum absolute atomic E-state index is 13.3.